The number of aliphatic hydroxyl groups excluding tert-OH is 1. The quantitative estimate of drug-likeness (QED) is 0.441. The number of nitrogens with zero attached hydrogens (tertiary/aromatic N) is 3. The van der Waals surface area contributed by atoms with Gasteiger partial charge < -0.3 is 18.9 Å². The Morgan fingerprint density at radius 2 is 1.84 bits per heavy atom. The minimum Gasteiger partial charge on any atom is -0.392 e. The van der Waals surface area contributed by atoms with Crippen LogP contribution >= 0.6 is 0 Å². The van der Waals surface area contributed by atoms with Crippen LogP contribution in [0.4, 0.5) is 5.82 Å². The summed E-state index contributed by atoms with van der Waals surface area (Å²) in [6, 6.07) is 14.2. The van der Waals surface area contributed by atoms with Crippen molar-refractivity contribution in [1.82, 2.24) is 9.72 Å². The zero-order chi connectivity index (χ0) is 22.2. The number of hydrogen-bond acceptors (Lipinski definition) is 6. The third-order valence-corrected chi connectivity index (χ3v) is 7.03. The summed E-state index contributed by atoms with van der Waals surface area (Å²) < 4.78 is 40.8. The van der Waals surface area contributed by atoms with Gasteiger partial charge in [-0.1, -0.05) is 35.5 Å². The van der Waals surface area contributed by atoms with Gasteiger partial charge in [-0.05, 0) is 32.0 Å². The summed E-state index contributed by atoms with van der Waals surface area (Å²) in [6.45, 7) is 3.09. The number of aliphatic hydroxyl groups is 1. The SMILES string of the molecule is COCN(c1noc(C)c1C)S(=O)(=O)c1ccccc1-n1cc(CO)c2ccccc21. The Balaban J connectivity index is 1.93. The fraction of sp³-hybridized carbons (Fsp3) is 0.227. The summed E-state index contributed by atoms with van der Waals surface area (Å²) in [5, 5.41) is 14.6. The van der Waals surface area contributed by atoms with Crippen LogP contribution < -0.4 is 4.31 Å². The van der Waals surface area contributed by atoms with E-state index in [1.165, 1.54) is 7.11 Å². The van der Waals surface area contributed by atoms with Crippen molar-refractivity contribution in [1.29, 1.82) is 0 Å². The molecule has 0 atom stereocenters. The molecule has 4 rings (SSSR count). The molecule has 4 aromatic rings. The number of ether oxygens (including phenoxy) is 1. The highest BCUT2D eigenvalue weighted by Gasteiger charge is 2.32. The fourth-order valence-electron chi connectivity index (χ4n) is 3.57. The van der Waals surface area contributed by atoms with Crippen LogP contribution in [0.3, 0.4) is 0 Å². The molecule has 2 aromatic carbocycles. The van der Waals surface area contributed by atoms with Gasteiger partial charge in [0.1, 0.15) is 17.4 Å². The van der Waals surface area contributed by atoms with Crippen molar-refractivity contribution in [3.05, 3.63) is 71.6 Å². The van der Waals surface area contributed by atoms with Crippen molar-refractivity contribution in [2.75, 3.05) is 18.1 Å². The molecule has 0 amide bonds. The highest BCUT2D eigenvalue weighted by molar-refractivity contribution is 7.93. The number of aryl methyl sites for hydroxylation is 1. The molecule has 1 N–H and O–H groups in total. The van der Waals surface area contributed by atoms with E-state index >= 15 is 0 Å². The first kappa shape index (κ1) is 21.1. The standard InChI is InChI=1S/C22H23N3O5S/c1-15-16(2)30-23-22(15)25(14-29-3)31(27,28)21-11-7-6-10-20(21)24-12-17(13-26)18-8-4-5-9-19(18)24/h4-12,26H,13-14H2,1-3H3. The van der Waals surface area contributed by atoms with Gasteiger partial charge in [0.2, 0.25) is 0 Å². The molecule has 2 heterocycles. The minimum absolute atomic E-state index is 0.0809. The first-order valence-electron chi connectivity index (χ1n) is 9.64. The number of hydrogen-bond donors (Lipinski definition) is 1. The van der Waals surface area contributed by atoms with Gasteiger partial charge in [0, 0.05) is 29.8 Å². The van der Waals surface area contributed by atoms with Crippen LogP contribution in [0.1, 0.15) is 16.9 Å². The molecule has 9 heteroatoms. The normalized spacial score (nSPS) is 11.9. The smallest absolute Gasteiger partial charge is 0.269 e. The maximum absolute atomic E-state index is 13.8. The van der Waals surface area contributed by atoms with E-state index in [2.05, 4.69) is 5.16 Å². The van der Waals surface area contributed by atoms with Gasteiger partial charge >= 0.3 is 0 Å². The molecular formula is C22H23N3O5S. The number of aromatic nitrogens is 2. The first-order valence-corrected chi connectivity index (χ1v) is 11.1. The predicted octanol–water partition coefficient (Wildman–Crippen LogP) is 3.53. The Morgan fingerprint density at radius 3 is 2.52 bits per heavy atom. The van der Waals surface area contributed by atoms with Gasteiger partial charge in [-0.25, -0.2) is 12.7 Å². The molecule has 0 bridgehead atoms. The molecule has 0 aliphatic carbocycles. The summed E-state index contributed by atoms with van der Waals surface area (Å²) >= 11 is 0. The van der Waals surface area contributed by atoms with E-state index in [9.17, 15) is 13.5 Å². The lowest BCUT2D eigenvalue weighted by atomic mass is 10.2. The molecule has 0 unspecified atom stereocenters. The van der Waals surface area contributed by atoms with Crippen LogP contribution in [0.2, 0.25) is 0 Å². The van der Waals surface area contributed by atoms with Gasteiger partial charge in [-0.2, -0.15) is 0 Å². The Labute approximate surface area is 180 Å². The number of rotatable bonds is 7. The van der Waals surface area contributed by atoms with E-state index < -0.39 is 10.0 Å². The predicted molar refractivity (Wildman–Crippen MR) is 117 cm³/mol. The topological polar surface area (TPSA) is 97.8 Å². The summed E-state index contributed by atoms with van der Waals surface area (Å²) in [7, 11) is -2.65. The second-order valence-electron chi connectivity index (χ2n) is 7.13. The van der Waals surface area contributed by atoms with Crippen LogP contribution in [-0.2, 0) is 21.4 Å². The number of fused-ring (bicyclic) bond motifs is 1. The largest absolute Gasteiger partial charge is 0.392 e. The average molecular weight is 442 g/mol. The van der Waals surface area contributed by atoms with Crippen molar-refractivity contribution >= 4 is 26.7 Å². The van der Waals surface area contributed by atoms with Crippen LogP contribution in [0.15, 0.2) is 64.1 Å². The second-order valence-corrected chi connectivity index (χ2v) is 8.96. The monoisotopic (exact) mass is 441 g/mol. The lowest BCUT2D eigenvalue weighted by molar-refractivity contribution is 0.208. The third-order valence-electron chi connectivity index (χ3n) is 5.27. The van der Waals surface area contributed by atoms with Crippen molar-refractivity contribution in [3.63, 3.8) is 0 Å². The maximum Gasteiger partial charge on any atom is 0.269 e. The number of benzene rings is 2. The number of methoxy groups -OCH3 is 1. The van der Waals surface area contributed by atoms with E-state index in [0.29, 0.717) is 22.6 Å². The number of sulfonamides is 1. The third kappa shape index (κ3) is 3.50. The van der Waals surface area contributed by atoms with Crippen molar-refractivity contribution in [3.8, 4) is 5.69 Å². The van der Waals surface area contributed by atoms with E-state index in [4.69, 9.17) is 9.26 Å². The average Bonchev–Trinajstić information content (AvgIpc) is 3.32. The van der Waals surface area contributed by atoms with E-state index in [-0.39, 0.29) is 24.1 Å². The van der Waals surface area contributed by atoms with E-state index in [1.807, 2.05) is 24.3 Å². The molecule has 0 aliphatic rings. The van der Waals surface area contributed by atoms with Gasteiger partial charge in [-0.15, -0.1) is 0 Å². The maximum atomic E-state index is 13.8. The zero-order valence-electron chi connectivity index (χ0n) is 17.4. The lowest BCUT2D eigenvalue weighted by Gasteiger charge is -2.23. The molecular weight excluding hydrogens is 418 g/mol. The van der Waals surface area contributed by atoms with E-state index in [0.717, 1.165) is 15.2 Å². The summed E-state index contributed by atoms with van der Waals surface area (Å²) in [6.07, 6.45) is 1.76. The summed E-state index contributed by atoms with van der Waals surface area (Å²) in [5.74, 6) is 0.714. The highest BCUT2D eigenvalue weighted by Crippen LogP contribution is 2.33. The Hall–Kier alpha value is -3.14. The highest BCUT2D eigenvalue weighted by atomic mass is 32.2. The second kappa shape index (κ2) is 8.18. The molecule has 0 saturated carbocycles. The fourth-order valence-corrected chi connectivity index (χ4v) is 5.13. The van der Waals surface area contributed by atoms with Crippen LogP contribution in [-0.4, -0.2) is 37.1 Å². The van der Waals surface area contributed by atoms with Crippen molar-refractivity contribution in [2.24, 2.45) is 0 Å². The Bertz CT molecular complexity index is 1340. The molecule has 8 nitrogen and oxygen atoms in total. The lowest BCUT2D eigenvalue weighted by Crippen LogP contribution is -2.34. The van der Waals surface area contributed by atoms with Gasteiger partial charge in [0.15, 0.2) is 5.82 Å². The summed E-state index contributed by atoms with van der Waals surface area (Å²) in [4.78, 5) is 0.0809. The van der Waals surface area contributed by atoms with Crippen LogP contribution in [0, 0.1) is 13.8 Å². The Morgan fingerprint density at radius 1 is 1.13 bits per heavy atom. The Kier molecular flexibility index (Phi) is 5.57. The number of para-hydroxylation sites is 2. The number of anilines is 1. The van der Waals surface area contributed by atoms with E-state index in [1.54, 1.807) is 48.9 Å². The molecule has 162 valence electrons. The zero-order valence-corrected chi connectivity index (χ0v) is 18.3. The van der Waals surface area contributed by atoms with Gasteiger partial charge in [0.25, 0.3) is 10.0 Å². The molecule has 0 aliphatic heterocycles. The molecule has 31 heavy (non-hydrogen) atoms. The molecule has 0 radical (unpaired) electrons. The molecule has 0 fully saturated rings. The van der Waals surface area contributed by atoms with Crippen molar-refractivity contribution < 1.29 is 22.8 Å². The molecule has 2 aromatic heterocycles. The van der Waals surface area contributed by atoms with Crippen molar-refractivity contribution in [2.45, 2.75) is 25.3 Å². The first-order chi connectivity index (χ1) is 14.9. The van der Waals surface area contributed by atoms with Gasteiger partial charge in [-0.3, -0.25) is 0 Å². The minimum atomic E-state index is -4.07. The van der Waals surface area contributed by atoms with Gasteiger partial charge in [0.05, 0.1) is 17.8 Å². The summed E-state index contributed by atoms with van der Waals surface area (Å²) in [5.41, 5.74) is 2.57. The van der Waals surface area contributed by atoms with Crippen LogP contribution in [0.25, 0.3) is 16.6 Å². The molecule has 0 saturated heterocycles. The van der Waals surface area contributed by atoms with Crippen LogP contribution in [0.5, 0.6) is 0 Å². The molecule has 0 spiro atoms.